The minimum Gasteiger partial charge on any atom is -0.361 e. The van der Waals surface area contributed by atoms with Gasteiger partial charge in [-0.2, -0.15) is 0 Å². The lowest BCUT2D eigenvalue weighted by Crippen LogP contribution is -2.41. The van der Waals surface area contributed by atoms with Crippen molar-refractivity contribution in [2.24, 2.45) is 0 Å². The van der Waals surface area contributed by atoms with Crippen LogP contribution in [0.15, 0.2) is 47.2 Å². The van der Waals surface area contributed by atoms with Crippen LogP contribution in [0.1, 0.15) is 40.9 Å². The summed E-state index contributed by atoms with van der Waals surface area (Å²) in [6, 6.07) is 10.2. The van der Waals surface area contributed by atoms with E-state index in [0.29, 0.717) is 19.4 Å². The predicted molar refractivity (Wildman–Crippen MR) is 96.3 cm³/mol. The van der Waals surface area contributed by atoms with Crippen LogP contribution < -0.4 is 0 Å². The summed E-state index contributed by atoms with van der Waals surface area (Å²) in [5.74, 6) is 1.86. The second-order valence-corrected chi connectivity index (χ2v) is 6.75. The van der Waals surface area contributed by atoms with Gasteiger partial charge in [0.05, 0.1) is 18.3 Å². The maximum Gasteiger partial charge on any atom is 0.223 e. The van der Waals surface area contributed by atoms with Gasteiger partial charge in [0.25, 0.3) is 0 Å². The summed E-state index contributed by atoms with van der Waals surface area (Å²) in [6.07, 6.45) is 4.87. The molecule has 1 unspecified atom stereocenters. The maximum absolute atomic E-state index is 13.1. The van der Waals surface area contributed by atoms with Crippen molar-refractivity contribution in [1.29, 1.82) is 0 Å². The summed E-state index contributed by atoms with van der Waals surface area (Å²) in [5, 5.41) is 3.98. The molecule has 0 fully saturated rings. The van der Waals surface area contributed by atoms with Crippen LogP contribution in [-0.4, -0.2) is 25.5 Å². The van der Waals surface area contributed by atoms with Gasteiger partial charge in [0.15, 0.2) is 0 Å². The van der Waals surface area contributed by atoms with Crippen molar-refractivity contribution in [3.8, 4) is 0 Å². The van der Waals surface area contributed by atoms with Crippen LogP contribution in [0.4, 0.5) is 0 Å². The van der Waals surface area contributed by atoms with Gasteiger partial charge < -0.3 is 14.0 Å². The summed E-state index contributed by atoms with van der Waals surface area (Å²) in [5.41, 5.74) is 3.05. The zero-order chi connectivity index (χ0) is 18.1. The van der Waals surface area contributed by atoms with Gasteiger partial charge >= 0.3 is 0 Å². The average Bonchev–Trinajstić information content (AvgIpc) is 3.25. The molecule has 6 nitrogen and oxygen atoms in total. The van der Waals surface area contributed by atoms with E-state index < -0.39 is 0 Å². The fourth-order valence-electron chi connectivity index (χ4n) is 3.66. The molecule has 1 aliphatic heterocycles. The van der Waals surface area contributed by atoms with E-state index in [4.69, 9.17) is 4.52 Å². The summed E-state index contributed by atoms with van der Waals surface area (Å²) < 4.78 is 7.35. The number of aromatic nitrogens is 3. The third kappa shape index (κ3) is 3.03. The van der Waals surface area contributed by atoms with Crippen molar-refractivity contribution in [2.75, 3.05) is 0 Å². The van der Waals surface area contributed by atoms with Gasteiger partial charge in [0, 0.05) is 30.9 Å². The molecule has 4 rings (SSSR count). The number of hydrogen-bond donors (Lipinski definition) is 0. The molecule has 0 spiro atoms. The number of aryl methyl sites for hydroxylation is 2. The molecule has 26 heavy (non-hydrogen) atoms. The number of hydrogen-bond acceptors (Lipinski definition) is 4. The van der Waals surface area contributed by atoms with Gasteiger partial charge in [-0.05, 0) is 25.8 Å². The second kappa shape index (κ2) is 6.78. The lowest BCUT2D eigenvalue weighted by Gasteiger charge is -2.36. The molecular weight excluding hydrogens is 328 g/mol. The highest BCUT2D eigenvalue weighted by molar-refractivity contribution is 5.77. The Labute approximate surface area is 152 Å². The molecule has 0 bridgehead atoms. The fraction of sp³-hybridized carbons (Fsp3) is 0.350. The molecule has 6 heteroatoms. The molecule has 134 valence electrons. The predicted octanol–water partition coefficient (Wildman–Crippen LogP) is 3.20. The zero-order valence-corrected chi connectivity index (χ0v) is 15.1. The largest absolute Gasteiger partial charge is 0.361 e. The van der Waals surface area contributed by atoms with Crippen LogP contribution in [0.25, 0.3) is 0 Å². The van der Waals surface area contributed by atoms with E-state index >= 15 is 0 Å². The van der Waals surface area contributed by atoms with Gasteiger partial charge in [-0.1, -0.05) is 35.5 Å². The van der Waals surface area contributed by atoms with Crippen molar-refractivity contribution in [3.63, 3.8) is 0 Å². The molecule has 1 aromatic carbocycles. The van der Waals surface area contributed by atoms with E-state index in [9.17, 15) is 4.79 Å². The highest BCUT2D eigenvalue weighted by Gasteiger charge is 2.31. The van der Waals surface area contributed by atoms with Crippen molar-refractivity contribution in [1.82, 2.24) is 19.6 Å². The monoisotopic (exact) mass is 350 g/mol. The first-order chi connectivity index (χ1) is 12.6. The minimum absolute atomic E-state index is 0.0232. The lowest BCUT2D eigenvalue weighted by atomic mass is 10.0. The van der Waals surface area contributed by atoms with Crippen LogP contribution in [0, 0.1) is 13.8 Å². The quantitative estimate of drug-likeness (QED) is 0.725. The van der Waals surface area contributed by atoms with Gasteiger partial charge in [-0.15, -0.1) is 0 Å². The Morgan fingerprint density at radius 2 is 2.08 bits per heavy atom. The molecule has 0 radical (unpaired) electrons. The second-order valence-electron chi connectivity index (χ2n) is 6.75. The Balaban J connectivity index is 1.56. The number of fused-ring (bicyclic) bond motifs is 1. The van der Waals surface area contributed by atoms with Gasteiger partial charge in [-0.25, -0.2) is 4.98 Å². The Morgan fingerprint density at radius 3 is 2.81 bits per heavy atom. The Bertz CT molecular complexity index is 894. The summed E-state index contributed by atoms with van der Waals surface area (Å²) in [7, 11) is 0. The number of rotatable bonds is 4. The van der Waals surface area contributed by atoms with Crippen molar-refractivity contribution < 1.29 is 9.32 Å². The number of benzene rings is 1. The van der Waals surface area contributed by atoms with Gasteiger partial charge in [-0.3, -0.25) is 4.79 Å². The van der Waals surface area contributed by atoms with E-state index in [0.717, 1.165) is 35.0 Å². The molecule has 0 saturated carbocycles. The lowest BCUT2D eigenvalue weighted by molar-refractivity contribution is -0.135. The molecule has 3 heterocycles. The van der Waals surface area contributed by atoms with E-state index in [2.05, 4.69) is 26.8 Å². The highest BCUT2D eigenvalue weighted by Crippen LogP contribution is 2.30. The smallest absolute Gasteiger partial charge is 0.223 e. The summed E-state index contributed by atoms with van der Waals surface area (Å²) in [6.45, 7) is 5.08. The maximum atomic E-state index is 13.1. The molecule has 2 aromatic heterocycles. The van der Waals surface area contributed by atoms with E-state index in [-0.39, 0.29) is 11.9 Å². The normalized spacial score (nSPS) is 16.5. The van der Waals surface area contributed by atoms with Crippen LogP contribution in [-0.2, 0) is 24.3 Å². The minimum atomic E-state index is 0.0232. The number of amides is 1. The number of imidazole rings is 1. The molecule has 0 N–H and O–H groups in total. The first-order valence-electron chi connectivity index (χ1n) is 8.89. The summed E-state index contributed by atoms with van der Waals surface area (Å²) >= 11 is 0. The summed E-state index contributed by atoms with van der Waals surface area (Å²) in [4.78, 5) is 19.4. The first kappa shape index (κ1) is 16.6. The van der Waals surface area contributed by atoms with Crippen LogP contribution in [0.2, 0.25) is 0 Å². The van der Waals surface area contributed by atoms with Crippen molar-refractivity contribution in [2.45, 2.75) is 45.8 Å². The molecule has 1 atom stereocenters. The van der Waals surface area contributed by atoms with Gasteiger partial charge in [0.2, 0.25) is 5.91 Å². The van der Waals surface area contributed by atoms with Crippen LogP contribution >= 0.6 is 0 Å². The molecular formula is C20H22N4O2. The van der Waals surface area contributed by atoms with Crippen LogP contribution in [0.3, 0.4) is 0 Å². The SMILES string of the molecule is Cc1noc(C)c1CCC(=O)N1Cc2nccn2CC1c1ccccc1. The average molecular weight is 350 g/mol. The molecule has 1 amide bonds. The zero-order valence-electron chi connectivity index (χ0n) is 15.1. The molecule has 0 saturated heterocycles. The number of carbonyl (C=O) groups excluding carboxylic acids is 1. The number of nitrogens with zero attached hydrogens (tertiary/aromatic N) is 4. The topological polar surface area (TPSA) is 64.2 Å². The van der Waals surface area contributed by atoms with Crippen molar-refractivity contribution >= 4 is 5.91 Å². The van der Waals surface area contributed by atoms with Gasteiger partial charge in [0.1, 0.15) is 11.6 Å². The van der Waals surface area contributed by atoms with E-state index in [1.807, 2.05) is 43.1 Å². The van der Waals surface area contributed by atoms with Crippen molar-refractivity contribution in [3.05, 3.63) is 71.1 Å². The molecule has 1 aliphatic rings. The first-order valence-corrected chi connectivity index (χ1v) is 8.89. The van der Waals surface area contributed by atoms with E-state index in [1.165, 1.54) is 0 Å². The third-order valence-electron chi connectivity index (χ3n) is 5.13. The Kier molecular flexibility index (Phi) is 4.32. The third-order valence-corrected chi connectivity index (χ3v) is 5.13. The molecule has 3 aromatic rings. The van der Waals surface area contributed by atoms with Crippen LogP contribution in [0.5, 0.6) is 0 Å². The fourth-order valence-corrected chi connectivity index (χ4v) is 3.66. The molecule has 0 aliphatic carbocycles. The Hall–Kier alpha value is -2.89. The van der Waals surface area contributed by atoms with E-state index in [1.54, 1.807) is 6.20 Å². The Morgan fingerprint density at radius 1 is 1.27 bits per heavy atom. The standard InChI is InChI=1S/C20H22N4O2/c1-14-17(15(2)26-22-14)8-9-20(25)24-13-19-21-10-11-23(19)12-18(24)16-6-4-3-5-7-16/h3-7,10-11,18H,8-9,12-13H2,1-2H3. The highest BCUT2D eigenvalue weighted by atomic mass is 16.5. The number of carbonyl (C=O) groups is 1.